The Labute approximate surface area is 104 Å². The number of fused-ring (bicyclic) bond motifs is 1. The molecule has 0 amide bonds. The maximum Gasteiger partial charge on any atom is 0.110 e. The topological polar surface area (TPSA) is 8.17 Å². The first kappa shape index (κ1) is 10.2. The summed E-state index contributed by atoms with van der Waals surface area (Å²) < 4.78 is 2.29. The summed E-state index contributed by atoms with van der Waals surface area (Å²) in [6.45, 7) is 1.15. The van der Waals surface area contributed by atoms with Gasteiger partial charge in [0.2, 0.25) is 0 Å². The molecule has 0 spiro atoms. The van der Waals surface area contributed by atoms with E-state index in [9.17, 15) is 0 Å². The Bertz CT molecular complexity index is 518. The SMILES string of the molecule is Cn1c(N2CCCC2Br)cc2ccccc21. The van der Waals surface area contributed by atoms with Gasteiger partial charge in [0.25, 0.3) is 0 Å². The van der Waals surface area contributed by atoms with Gasteiger partial charge in [0.15, 0.2) is 0 Å². The third-order valence-electron chi connectivity index (χ3n) is 3.40. The van der Waals surface area contributed by atoms with Gasteiger partial charge in [-0.3, -0.25) is 0 Å². The summed E-state index contributed by atoms with van der Waals surface area (Å²) in [5.74, 6) is 1.32. The number of rotatable bonds is 1. The van der Waals surface area contributed by atoms with Crippen molar-refractivity contribution >= 4 is 32.7 Å². The molecule has 0 N–H and O–H groups in total. The van der Waals surface area contributed by atoms with Crippen LogP contribution in [0.1, 0.15) is 12.8 Å². The Balaban J connectivity index is 2.13. The molecule has 1 aromatic carbocycles. The van der Waals surface area contributed by atoms with E-state index in [0.717, 1.165) is 6.54 Å². The van der Waals surface area contributed by atoms with Gasteiger partial charge in [-0.1, -0.05) is 34.1 Å². The van der Waals surface area contributed by atoms with Crippen LogP contribution in [0, 0.1) is 0 Å². The number of benzene rings is 1. The van der Waals surface area contributed by atoms with Crippen molar-refractivity contribution in [3.8, 4) is 0 Å². The molecular weight excluding hydrogens is 264 g/mol. The Morgan fingerprint density at radius 2 is 2.12 bits per heavy atom. The van der Waals surface area contributed by atoms with Crippen LogP contribution in [0.2, 0.25) is 0 Å². The van der Waals surface area contributed by atoms with Crippen LogP contribution in [-0.2, 0) is 7.05 Å². The lowest BCUT2D eigenvalue weighted by molar-refractivity contribution is 0.841. The molecule has 1 aliphatic heterocycles. The molecule has 1 fully saturated rings. The highest BCUT2D eigenvalue weighted by molar-refractivity contribution is 9.09. The maximum absolute atomic E-state index is 3.75. The largest absolute Gasteiger partial charge is 0.345 e. The number of anilines is 1. The van der Waals surface area contributed by atoms with Gasteiger partial charge in [-0.05, 0) is 25.0 Å². The lowest BCUT2D eigenvalue weighted by atomic mass is 10.2. The van der Waals surface area contributed by atoms with Crippen LogP contribution in [-0.4, -0.2) is 16.1 Å². The highest BCUT2D eigenvalue weighted by atomic mass is 79.9. The van der Waals surface area contributed by atoms with Crippen molar-refractivity contribution in [1.82, 2.24) is 4.57 Å². The number of halogens is 1. The molecule has 1 unspecified atom stereocenters. The van der Waals surface area contributed by atoms with E-state index in [4.69, 9.17) is 0 Å². The van der Waals surface area contributed by atoms with Crippen LogP contribution in [0.4, 0.5) is 5.82 Å². The van der Waals surface area contributed by atoms with E-state index in [1.165, 1.54) is 29.6 Å². The molecule has 0 bridgehead atoms. The predicted octanol–water partition coefficient (Wildman–Crippen LogP) is 3.50. The summed E-state index contributed by atoms with van der Waals surface area (Å²) in [6.07, 6.45) is 2.51. The molecule has 0 radical (unpaired) electrons. The molecule has 0 aliphatic carbocycles. The number of para-hydroxylation sites is 1. The number of hydrogen-bond acceptors (Lipinski definition) is 1. The second-order valence-electron chi connectivity index (χ2n) is 4.39. The van der Waals surface area contributed by atoms with Gasteiger partial charge in [0.1, 0.15) is 5.82 Å². The zero-order valence-electron chi connectivity index (χ0n) is 9.36. The summed E-state index contributed by atoms with van der Waals surface area (Å²) in [7, 11) is 2.15. The fourth-order valence-corrected chi connectivity index (χ4v) is 3.27. The standard InChI is InChI=1S/C13H15BrN2/c1-15-11-6-3-2-5-10(11)9-13(15)16-8-4-7-12(16)14/h2-3,5-6,9,12H,4,7-8H2,1H3. The molecule has 2 aromatic rings. The third kappa shape index (κ3) is 1.46. The van der Waals surface area contributed by atoms with Crippen LogP contribution in [0.25, 0.3) is 10.9 Å². The Kier molecular flexibility index (Phi) is 2.43. The molecule has 16 heavy (non-hydrogen) atoms. The van der Waals surface area contributed by atoms with Crippen LogP contribution in [0.5, 0.6) is 0 Å². The van der Waals surface area contributed by atoms with E-state index < -0.39 is 0 Å². The second kappa shape index (κ2) is 3.81. The van der Waals surface area contributed by atoms with E-state index in [-0.39, 0.29) is 0 Å². The lowest BCUT2D eigenvalue weighted by Crippen LogP contribution is -2.25. The van der Waals surface area contributed by atoms with Crippen LogP contribution in [0.3, 0.4) is 0 Å². The van der Waals surface area contributed by atoms with Crippen LogP contribution < -0.4 is 4.90 Å². The number of hydrogen-bond donors (Lipinski definition) is 0. The number of aromatic nitrogens is 1. The smallest absolute Gasteiger partial charge is 0.110 e. The summed E-state index contributed by atoms with van der Waals surface area (Å²) in [4.78, 5) is 2.94. The highest BCUT2D eigenvalue weighted by Crippen LogP contribution is 2.32. The molecule has 3 heteroatoms. The zero-order chi connectivity index (χ0) is 11.1. The highest BCUT2D eigenvalue weighted by Gasteiger charge is 2.24. The van der Waals surface area contributed by atoms with Crippen molar-refractivity contribution < 1.29 is 0 Å². The summed E-state index contributed by atoms with van der Waals surface area (Å²) in [6, 6.07) is 10.8. The molecule has 0 saturated carbocycles. The fraction of sp³-hybridized carbons (Fsp3) is 0.385. The van der Waals surface area contributed by atoms with Gasteiger partial charge in [0, 0.05) is 24.5 Å². The average Bonchev–Trinajstić information content (AvgIpc) is 2.84. The minimum atomic E-state index is 0.496. The summed E-state index contributed by atoms with van der Waals surface area (Å²) in [5.41, 5.74) is 1.31. The molecule has 3 rings (SSSR count). The normalized spacial score (nSPS) is 20.9. The molecule has 1 aromatic heterocycles. The maximum atomic E-state index is 3.75. The van der Waals surface area contributed by atoms with Gasteiger partial charge < -0.3 is 9.47 Å². The second-order valence-corrected chi connectivity index (χ2v) is 5.45. The molecule has 1 aliphatic rings. The minimum Gasteiger partial charge on any atom is -0.345 e. The van der Waals surface area contributed by atoms with Crippen LogP contribution in [0.15, 0.2) is 30.3 Å². The van der Waals surface area contributed by atoms with Gasteiger partial charge in [0.05, 0.1) is 4.95 Å². The van der Waals surface area contributed by atoms with Gasteiger partial charge in [-0.15, -0.1) is 0 Å². The number of aryl methyl sites for hydroxylation is 1. The Hall–Kier alpha value is -0.960. The van der Waals surface area contributed by atoms with Gasteiger partial charge in [-0.2, -0.15) is 0 Å². The van der Waals surface area contributed by atoms with E-state index in [1.807, 2.05) is 0 Å². The molecular formula is C13H15BrN2. The molecule has 1 saturated heterocycles. The van der Waals surface area contributed by atoms with Crippen molar-refractivity contribution in [3.63, 3.8) is 0 Å². The quantitative estimate of drug-likeness (QED) is 0.573. The molecule has 2 nitrogen and oxygen atoms in total. The summed E-state index contributed by atoms with van der Waals surface area (Å²) >= 11 is 3.75. The predicted molar refractivity (Wildman–Crippen MR) is 72.2 cm³/mol. The third-order valence-corrected chi connectivity index (χ3v) is 4.35. The van der Waals surface area contributed by atoms with Crippen molar-refractivity contribution in [3.05, 3.63) is 30.3 Å². The average molecular weight is 279 g/mol. The number of nitrogens with zero attached hydrogens (tertiary/aromatic N) is 2. The first-order chi connectivity index (χ1) is 7.77. The molecule has 1 atom stereocenters. The lowest BCUT2D eigenvalue weighted by Gasteiger charge is -2.22. The van der Waals surface area contributed by atoms with Crippen molar-refractivity contribution in [1.29, 1.82) is 0 Å². The van der Waals surface area contributed by atoms with E-state index in [0.29, 0.717) is 4.95 Å². The minimum absolute atomic E-state index is 0.496. The van der Waals surface area contributed by atoms with Crippen molar-refractivity contribution in [2.24, 2.45) is 7.05 Å². The van der Waals surface area contributed by atoms with Gasteiger partial charge >= 0.3 is 0 Å². The van der Waals surface area contributed by atoms with Crippen molar-refractivity contribution in [2.75, 3.05) is 11.4 Å². The van der Waals surface area contributed by atoms with Gasteiger partial charge in [-0.25, -0.2) is 0 Å². The van der Waals surface area contributed by atoms with Crippen molar-refractivity contribution in [2.45, 2.75) is 17.8 Å². The summed E-state index contributed by atoms with van der Waals surface area (Å²) in [5, 5.41) is 1.33. The monoisotopic (exact) mass is 278 g/mol. The van der Waals surface area contributed by atoms with E-state index >= 15 is 0 Å². The molecule has 2 heterocycles. The first-order valence-electron chi connectivity index (χ1n) is 5.72. The van der Waals surface area contributed by atoms with E-state index in [2.05, 4.69) is 62.8 Å². The zero-order valence-corrected chi connectivity index (χ0v) is 10.9. The molecule has 84 valence electrons. The van der Waals surface area contributed by atoms with Crippen LogP contribution >= 0.6 is 15.9 Å². The van der Waals surface area contributed by atoms with E-state index in [1.54, 1.807) is 0 Å². The Morgan fingerprint density at radius 3 is 2.81 bits per heavy atom. The number of alkyl halides is 1. The first-order valence-corrected chi connectivity index (χ1v) is 6.64. The fourth-order valence-electron chi connectivity index (χ4n) is 2.53. The Morgan fingerprint density at radius 1 is 1.31 bits per heavy atom.